The Morgan fingerprint density at radius 3 is 2.79 bits per heavy atom. The third-order valence-corrected chi connectivity index (χ3v) is 3.66. The molecule has 0 N–H and O–H groups in total. The molecule has 1 aromatic carbocycles. The first kappa shape index (κ1) is 13.5. The molecule has 0 aliphatic carbocycles. The first-order valence-corrected chi connectivity index (χ1v) is 6.59. The molecule has 2 aromatic rings. The molecule has 2 rings (SSSR count). The first-order chi connectivity index (χ1) is 9.28. The highest BCUT2D eigenvalue weighted by atomic mass is 32.1. The fourth-order valence-electron chi connectivity index (χ4n) is 1.81. The van der Waals surface area contributed by atoms with E-state index in [0.29, 0.717) is 23.6 Å². The molecule has 0 bridgehead atoms. The van der Waals surface area contributed by atoms with Gasteiger partial charge in [-0.15, -0.1) is 11.3 Å². The highest BCUT2D eigenvalue weighted by molar-refractivity contribution is 7.12. The summed E-state index contributed by atoms with van der Waals surface area (Å²) in [5.74, 6) is 0.837. The van der Waals surface area contributed by atoms with Gasteiger partial charge in [-0.2, -0.15) is 5.26 Å². The summed E-state index contributed by atoms with van der Waals surface area (Å²) >= 11 is 1.41. The van der Waals surface area contributed by atoms with Gasteiger partial charge in [0.2, 0.25) is 0 Å². The van der Waals surface area contributed by atoms with Crippen LogP contribution in [0.1, 0.15) is 21.1 Å². The number of para-hydroxylation sites is 1. The molecule has 98 valence electrons. The fraction of sp³-hybridized carbons (Fsp3) is 0.286. The molecular formula is C14H14N2O2S. The number of nitrogens with zero attached hydrogens (tertiary/aromatic N) is 2. The molecule has 1 aromatic heterocycles. The molecule has 0 amide bonds. The number of rotatable bonds is 5. The van der Waals surface area contributed by atoms with Gasteiger partial charge in [0, 0.05) is 19.1 Å². The summed E-state index contributed by atoms with van der Waals surface area (Å²) in [5, 5.41) is 9.96. The van der Waals surface area contributed by atoms with Gasteiger partial charge in [-0.25, -0.2) is 4.98 Å². The van der Waals surface area contributed by atoms with E-state index in [-0.39, 0.29) is 0 Å². The number of methoxy groups -OCH3 is 2. The molecule has 0 fully saturated rings. The minimum atomic E-state index is 0.366. The summed E-state index contributed by atoms with van der Waals surface area (Å²) in [4.78, 5) is 5.07. The van der Waals surface area contributed by atoms with Gasteiger partial charge in [0.25, 0.3) is 0 Å². The molecule has 0 spiro atoms. The Bertz CT molecular complexity index is 602. The lowest BCUT2D eigenvalue weighted by Gasteiger charge is -2.05. The lowest BCUT2D eigenvalue weighted by Crippen LogP contribution is -1.94. The second kappa shape index (κ2) is 6.32. The standard InChI is InChI=1S/C14H14N2O2S/c1-17-9-11-13(8-15)19-14(16-11)7-10-5-3-4-6-12(10)18-2/h3-6H,7,9H2,1-2H3. The Morgan fingerprint density at radius 1 is 1.32 bits per heavy atom. The topological polar surface area (TPSA) is 55.1 Å². The summed E-state index contributed by atoms with van der Waals surface area (Å²) < 4.78 is 10.4. The second-order valence-electron chi connectivity index (χ2n) is 3.92. The van der Waals surface area contributed by atoms with Crippen molar-refractivity contribution < 1.29 is 9.47 Å². The summed E-state index contributed by atoms with van der Waals surface area (Å²) in [7, 11) is 3.25. The Kier molecular flexibility index (Phi) is 4.50. The van der Waals surface area contributed by atoms with Gasteiger partial charge in [0.05, 0.1) is 24.4 Å². The van der Waals surface area contributed by atoms with Gasteiger partial charge in [0.1, 0.15) is 16.7 Å². The van der Waals surface area contributed by atoms with Gasteiger partial charge in [-0.1, -0.05) is 18.2 Å². The highest BCUT2D eigenvalue weighted by Crippen LogP contribution is 2.25. The lowest BCUT2D eigenvalue weighted by atomic mass is 10.1. The molecule has 0 unspecified atom stereocenters. The molecule has 5 heteroatoms. The van der Waals surface area contributed by atoms with Crippen LogP contribution in [0.3, 0.4) is 0 Å². The van der Waals surface area contributed by atoms with Gasteiger partial charge < -0.3 is 9.47 Å². The number of hydrogen-bond donors (Lipinski definition) is 0. The molecule has 1 heterocycles. The van der Waals surface area contributed by atoms with Crippen LogP contribution in [0.15, 0.2) is 24.3 Å². The molecule has 4 nitrogen and oxygen atoms in total. The smallest absolute Gasteiger partial charge is 0.130 e. The van der Waals surface area contributed by atoms with E-state index in [2.05, 4.69) is 11.1 Å². The van der Waals surface area contributed by atoms with E-state index in [1.165, 1.54) is 11.3 Å². The highest BCUT2D eigenvalue weighted by Gasteiger charge is 2.12. The number of thiazole rings is 1. The average Bonchev–Trinajstić information content (AvgIpc) is 2.82. The molecule has 0 radical (unpaired) electrons. The average molecular weight is 274 g/mol. The van der Waals surface area contributed by atoms with Crippen LogP contribution in [0, 0.1) is 11.3 Å². The number of benzene rings is 1. The first-order valence-electron chi connectivity index (χ1n) is 5.78. The molecule has 0 saturated carbocycles. The Labute approximate surface area is 116 Å². The van der Waals surface area contributed by atoms with Crippen molar-refractivity contribution in [3.05, 3.63) is 45.4 Å². The maximum atomic E-state index is 9.07. The minimum absolute atomic E-state index is 0.366. The fourth-order valence-corrected chi connectivity index (χ4v) is 2.70. The molecular weight excluding hydrogens is 260 g/mol. The quantitative estimate of drug-likeness (QED) is 0.841. The third-order valence-electron chi connectivity index (χ3n) is 2.66. The maximum absolute atomic E-state index is 9.07. The lowest BCUT2D eigenvalue weighted by molar-refractivity contribution is 0.181. The number of nitriles is 1. The van der Waals surface area contributed by atoms with Gasteiger partial charge in [-0.3, -0.25) is 0 Å². The van der Waals surface area contributed by atoms with E-state index < -0.39 is 0 Å². The summed E-state index contributed by atoms with van der Waals surface area (Å²) in [6.07, 6.45) is 0.660. The van der Waals surface area contributed by atoms with Crippen LogP contribution in [-0.2, 0) is 17.8 Å². The van der Waals surface area contributed by atoms with E-state index in [0.717, 1.165) is 16.3 Å². The van der Waals surface area contributed by atoms with Crippen LogP contribution in [0.25, 0.3) is 0 Å². The zero-order chi connectivity index (χ0) is 13.7. The van der Waals surface area contributed by atoms with E-state index in [4.69, 9.17) is 14.7 Å². The Balaban J connectivity index is 2.26. The van der Waals surface area contributed by atoms with Crippen molar-refractivity contribution in [1.29, 1.82) is 5.26 Å². The summed E-state index contributed by atoms with van der Waals surface area (Å²) in [6.45, 7) is 0.366. The zero-order valence-electron chi connectivity index (χ0n) is 10.8. The van der Waals surface area contributed by atoms with Crippen LogP contribution < -0.4 is 4.74 Å². The molecule has 0 saturated heterocycles. The van der Waals surface area contributed by atoms with Crippen LogP contribution in [-0.4, -0.2) is 19.2 Å². The van der Waals surface area contributed by atoms with Crippen molar-refractivity contribution in [3.63, 3.8) is 0 Å². The monoisotopic (exact) mass is 274 g/mol. The van der Waals surface area contributed by atoms with Gasteiger partial charge in [0.15, 0.2) is 0 Å². The van der Waals surface area contributed by atoms with Crippen molar-refractivity contribution in [2.24, 2.45) is 0 Å². The zero-order valence-corrected chi connectivity index (χ0v) is 11.7. The molecule has 0 aliphatic heterocycles. The molecule has 0 aliphatic rings. The minimum Gasteiger partial charge on any atom is -0.496 e. The van der Waals surface area contributed by atoms with Gasteiger partial charge >= 0.3 is 0 Å². The van der Waals surface area contributed by atoms with Crippen molar-refractivity contribution in [3.8, 4) is 11.8 Å². The van der Waals surface area contributed by atoms with E-state index in [9.17, 15) is 0 Å². The number of ether oxygens (including phenoxy) is 2. The Hall–Kier alpha value is -1.90. The van der Waals surface area contributed by atoms with Crippen molar-refractivity contribution in [2.75, 3.05) is 14.2 Å². The van der Waals surface area contributed by atoms with E-state index in [1.807, 2.05) is 24.3 Å². The largest absolute Gasteiger partial charge is 0.496 e. The molecule has 19 heavy (non-hydrogen) atoms. The summed E-state index contributed by atoms with van der Waals surface area (Å²) in [5.41, 5.74) is 1.77. The predicted molar refractivity (Wildman–Crippen MR) is 73.3 cm³/mol. The second-order valence-corrected chi connectivity index (χ2v) is 5.00. The predicted octanol–water partition coefficient (Wildman–Crippen LogP) is 2.76. The Morgan fingerprint density at radius 2 is 2.11 bits per heavy atom. The maximum Gasteiger partial charge on any atom is 0.130 e. The van der Waals surface area contributed by atoms with E-state index in [1.54, 1.807) is 14.2 Å². The van der Waals surface area contributed by atoms with Crippen molar-refractivity contribution in [1.82, 2.24) is 4.98 Å². The SMILES string of the molecule is COCc1nc(Cc2ccccc2OC)sc1C#N. The van der Waals surface area contributed by atoms with Crippen LogP contribution in [0.4, 0.5) is 0 Å². The van der Waals surface area contributed by atoms with Crippen molar-refractivity contribution >= 4 is 11.3 Å². The van der Waals surface area contributed by atoms with Crippen LogP contribution in [0.5, 0.6) is 5.75 Å². The normalized spacial score (nSPS) is 10.2. The molecule has 0 atom stereocenters. The van der Waals surface area contributed by atoms with Crippen LogP contribution in [0.2, 0.25) is 0 Å². The summed E-state index contributed by atoms with van der Waals surface area (Å²) in [6, 6.07) is 9.98. The number of hydrogen-bond acceptors (Lipinski definition) is 5. The number of aromatic nitrogens is 1. The van der Waals surface area contributed by atoms with E-state index >= 15 is 0 Å². The third kappa shape index (κ3) is 3.11. The van der Waals surface area contributed by atoms with Crippen molar-refractivity contribution in [2.45, 2.75) is 13.0 Å². The van der Waals surface area contributed by atoms with Crippen LogP contribution >= 0.6 is 11.3 Å². The van der Waals surface area contributed by atoms with Gasteiger partial charge in [-0.05, 0) is 6.07 Å².